The molecule has 0 spiro atoms. The van der Waals surface area contributed by atoms with Crippen LogP contribution in [0.1, 0.15) is 5.56 Å². The number of rotatable bonds is 3. The van der Waals surface area contributed by atoms with Crippen molar-refractivity contribution in [1.82, 2.24) is 15.0 Å². The molecule has 1 saturated heterocycles. The predicted molar refractivity (Wildman–Crippen MR) is 86.9 cm³/mol. The summed E-state index contributed by atoms with van der Waals surface area (Å²) in [5.74, 6) is 0.855. The summed E-state index contributed by atoms with van der Waals surface area (Å²) in [4.78, 5) is 16.0. The highest BCUT2D eigenvalue weighted by atomic mass is 15.3. The second kappa shape index (κ2) is 5.77. The summed E-state index contributed by atoms with van der Waals surface area (Å²) in [6, 6.07) is 10.4. The number of nitrogens with one attached hydrogen (secondary N) is 2. The molecule has 0 bridgehead atoms. The number of benzene rings is 1. The van der Waals surface area contributed by atoms with Crippen molar-refractivity contribution >= 4 is 16.9 Å². The van der Waals surface area contributed by atoms with Gasteiger partial charge in [-0.1, -0.05) is 18.2 Å². The first-order valence-electron chi connectivity index (χ1n) is 7.81. The lowest BCUT2D eigenvalue weighted by molar-refractivity contribution is -0.914. The Kier molecular flexibility index (Phi) is 3.48. The number of aromatic nitrogens is 3. The number of fused-ring (bicyclic) bond motifs is 1. The number of H-pyrrole nitrogens is 1. The van der Waals surface area contributed by atoms with Crippen molar-refractivity contribution in [2.24, 2.45) is 0 Å². The fourth-order valence-corrected chi connectivity index (χ4v) is 3.20. The van der Waals surface area contributed by atoms with Gasteiger partial charge in [-0.2, -0.15) is 0 Å². The van der Waals surface area contributed by atoms with Gasteiger partial charge in [0.2, 0.25) is 5.95 Å². The topological polar surface area (TPSA) is 49.2 Å². The van der Waals surface area contributed by atoms with Gasteiger partial charge in [0.25, 0.3) is 0 Å². The lowest BCUT2D eigenvalue weighted by atomic mass is 10.1. The minimum atomic E-state index is 0.855. The summed E-state index contributed by atoms with van der Waals surface area (Å²) in [5.41, 5.74) is 2.64. The molecule has 5 nitrogen and oxygen atoms in total. The van der Waals surface area contributed by atoms with E-state index in [1.54, 1.807) is 4.90 Å². The predicted octanol–water partition coefficient (Wildman–Crippen LogP) is 0.863. The number of hydrogen-bond donors (Lipinski definition) is 2. The Morgan fingerprint density at radius 1 is 1.05 bits per heavy atom. The molecule has 4 rings (SSSR count). The molecular weight excluding hydrogens is 274 g/mol. The van der Waals surface area contributed by atoms with Gasteiger partial charge in [-0.25, -0.2) is 9.97 Å². The van der Waals surface area contributed by atoms with Crippen molar-refractivity contribution in [2.45, 2.75) is 6.54 Å². The van der Waals surface area contributed by atoms with E-state index in [1.807, 2.05) is 18.5 Å². The van der Waals surface area contributed by atoms with E-state index in [1.165, 1.54) is 16.5 Å². The molecule has 1 aliphatic heterocycles. The molecule has 1 aromatic carbocycles. The van der Waals surface area contributed by atoms with Crippen LogP contribution in [0.2, 0.25) is 0 Å². The van der Waals surface area contributed by atoms with Gasteiger partial charge in [0, 0.05) is 35.1 Å². The highest BCUT2D eigenvalue weighted by Crippen LogP contribution is 2.16. The van der Waals surface area contributed by atoms with E-state index in [2.05, 4.69) is 50.3 Å². The maximum Gasteiger partial charge on any atom is 0.225 e. The highest BCUT2D eigenvalue weighted by Gasteiger charge is 2.22. The van der Waals surface area contributed by atoms with Crippen molar-refractivity contribution in [3.05, 3.63) is 54.5 Å². The maximum atomic E-state index is 4.34. The lowest BCUT2D eigenvalue weighted by Crippen LogP contribution is -3.13. The average molecular weight is 294 g/mol. The smallest absolute Gasteiger partial charge is 0.225 e. The summed E-state index contributed by atoms with van der Waals surface area (Å²) < 4.78 is 0. The Bertz CT molecular complexity index is 744. The minimum absolute atomic E-state index is 0.855. The molecule has 3 heterocycles. The first-order valence-corrected chi connectivity index (χ1v) is 7.81. The van der Waals surface area contributed by atoms with Gasteiger partial charge >= 0.3 is 0 Å². The Morgan fingerprint density at radius 3 is 2.64 bits per heavy atom. The second-order valence-electron chi connectivity index (χ2n) is 5.82. The van der Waals surface area contributed by atoms with E-state index >= 15 is 0 Å². The summed E-state index contributed by atoms with van der Waals surface area (Å²) >= 11 is 0. The molecule has 2 N–H and O–H groups in total. The van der Waals surface area contributed by atoms with Gasteiger partial charge in [0.05, 0.1) is 26.2 Å². The van der Waals surface area contributed by atoms with Crippen LogP contribution in [0.15, 0.2) is 48.9 Å². The van der Waals surface area contributed by atoms with Crippen LogP contribution in [-0.4, -0.2) is 41.1 Å². The number of anilines is 1. The van der Waals surface area contributed by atoms with Crippen LogP contribution < -0.4 is 9.80 Å². The van der Waals surface area contributed by atoms with Gasteiger partial charge in [-0.3, -0.25) is 0 Å². The third kappa shape index (κ3) is 2.55. The normalized spacial score (nSPS) is 16.3. The standard InChI is InChI=1S/C17H19N5/c1-2-5-16-15(4-1)14(12-20-16)13-21-8-10-22(11-9-21)17-18-6-3-7-19-17/h1-7,12,20H,8-11,13H2/p+1. The quantitative estimate of drug-likeness (QED) is 0.753. The number of hydrogen-bond acceptors (Lipinski definition) is 3. The highest BCUT2D eigenvalue weighted by molar-refractivity contribution is 5.82. The molecule has 1 fully saturated rings. The van der Waals surface area contributed by atoms with Gasteiger partial charge in [0.1, 0.15) is 6.54 Å². The first kappa shape index (κ1) is 13.3. The summed E-state index contributed by atoms with van der Waals surface area (Å²) in [5, 5.41) is 1.35. The van der Waals surface area contributed by atoms with Crippen molar-refractivity contribution < 1.29 is 4.90 Å². The molecular formula is C17H20N5+. The molecule has 0 radical (unpaired) electrons. The molecule has 1 aliphatic rings. The van der Waals surface area contributed by atoms with Crippen LogP contribution in [0.4, 0.5) is 5.95 Å². The summed E-state index contributed by atoms with van der Waals surface area (Å²) in [6.07, 6.45) is 5.78. The number of nitrogens with zero attached hydrogens (tertiary/aromatic N) is 3. The van der Waals surface area contributed by atoms with Crippen LogP contribution in [0, 0.1) is 0 Å². The van der Waals surface area contributed by atoms with E-state index in [0.717, 1.165) is 38.7 Å². The fraction of sp³-hybridized carbons (Fsp3) is 0.294. The maximum absolute atomic E-state index is 4.34. The van der Waals surface area contributed by atoms with Crippen LogP contribution >= 0.6 is 0 Å². The van der Waals surface area contributed by atoms with Gasteiger partial charge in [-0.15, -0.1) is 0 Å². The van der Waals surface area contributed by atoms with Gasteiger partial charge in [0.15, 0.2) is 0 Å². The minimum Gasteiger partial charge on any atom is -0.361 e. The van der Waals surface area contributed by atoms with Crippen LogP contribution in [-0.2, 0) is 6.54 Å². The summed E-state index contributed by atoms with van der Waals surface area (Å²) in [7, 11) is 0. The van der Waals surface area contributed by atoms with E-state index in [9.17, 15) is 0 Å². The Hall–Kier alpha value is -2.40. The molecule has 3 aromatic rings. The van der Waals surface area contributed by atoms with E-state index in [-0.39, 0.29) is 0 Å². The van der Waals surface area contributed by atoms with E-state index < -0.39 is 0 Å². The Morgan fingerprint density at radius 2 is 1.82 bits per heavy atom. The van der Waals surface area contributed by atoms with Crippen molar-refractivity contribution in [3.8, 4) is 0 Å². The number of piperazine rings is 1. The third-order valence-electron chi connectivity index (χ3n) is 4.42. The Labute approximate surface area is 129 Å². The zero-order chi connectivity index (χ0) is 14.8. The molecule has 0 amide bonds. The molecule has 0 aliphatic carbocycles. The van der Waals surface area contributed by atoms with Crippen LogP contribution in [0.5, 0.6) is 0 Å². The van der Waals surface area contributed by atoms with E-state index in [0.29, 0.717) is 0 Å². The van der Waals surface area contributed by atoms with Crippen molar-refractivity contribution in [1.29, 1.82) is 0 Å². The molecule has 5 heteroatoms. The van der Waals surface area contributed by atoms with E-state index in [4.69, 9.17) is 0 Å². The van der Waals surface area contributed by atoms with Gasteiger partial charge in [-0.05, 0) is 12.1 Å². The number of para-hydroxylation sites is 1. The zero-order valence-corrected chi connectivity index (χ0v) is 12.5. The zero-order valence-electron chi connectivity index (χ0n) is 12.5. The van der Waals surface area contributed by atoms with Crippen LogP contribution in [0.3, 0.4) is 0 Å². The number of quaternary nitrogens is 1. The second-order valence-corrected chi connectivity index (χ2v) is 5.82. The fourth-order valence-electron chi connectivity index (χ4n) is 3.20. The third-order valence-corrected chi connectivity index (χ3v) is 4.42. The average Bonchev–Trinajstić information content (AvgIpc) is 3.00. The SMILES string of the molecule is c1cnc(N2CC[NH+](Cc3c[nH]c4ccccc34)CC2)nc1. The molecule has 0 saturated carbocycles. The van der Waals surface area contributed by atoms with Crippen molar-refractivity contribution in [2.75, 3.05) is 31.1 Å². The monoisotopic (exact) mass is 294 g/mol. The summed E-state index contributed by atoms with van der Waals surface area (Å²) in [6.45, 7) is 5.35. The molecule has 0 atom stereocenters. The largest absolute Gasteiger partial charge is 0.361 e. The lowest BCUT2D eigenvalue weighted by Gasteiger charge is -2.32. The number of aromatic amines is 1. The van der Waals surface area contributed by atoms with Gasteiger partial charge < -0.3 is 14.8 Å². The molecule has 112 valence electrons. The molecule has 22 heavy (non-hydrogen) atoms. The Balaban J connectivity index is 1.42. The molecule has 0 unspecified atom stereocenters. The first-order chi connectivity index (χ1) is 10.9. The van der Waals surface area contributed by atoms with Crippen LogP contribution in [0.25, 0.3) is 10.9 Å². The molecule has 2 aromatic heterocycles. The van der Waals surface area contributed by atoms with Crippen molar-refractivity contribution in [3.63, 3.8) is 0 Å².